The van der Waals surface area contributed by atoms with Crippen molar-refractivity contribution in [3.63, 3.8) is 0 Å². The van der Waals surface area contributed by atoms with Crippen LogP contribution in [0.15, 0.2) is 130 Å². The lowest BCUT2D eigenvalue weighted by molar-refractivity contribution is -0.432. The van der Waals surface area contributed by atoms with Crippen LogP contribution in [0.4, 0.5) is 0 Å². The molecule has 3 aromatic heterocycles. The predicted octanol–water partition coefficient (Wildman–Crippen LogP) is 17.7. The molecule has 5 N–H and O–H groups in total. The summed E-state index contributed by atoms with van der Waals surface area (Å²) in [5.41, 5.74) is 11.0. The Bertz CT molecular complexity index is 3590. The fourth-order valence-corrected chi connectivity index (χ4v) is 12.7. The van der Waals surface area contributed by atoms with E-state index in [2.05, 4.69) is 147 Å². The molecule has 0 unspecified atom stereocenters. The van der Waals surface area contributed by atoms with E-state index in [1.54, 1.807) is 24.3 Å². The lowest BCUT2D eigenvalue weighted by Crippen LogP contribution is -1.97. The molecule has 8 bridgehead atoms. The normalized spacial score (nSPS) is 13.0. The topological polar surface area (TPSA) is 189 Å². The van der Waals surface area contributed by atoms with Gasteiger partial charge >= 0.3 is 0 Å². The Kier molecular flexibility index (Phi) is 15.9. The van der Waals surface area contributed by atoms with Crippen molar-refractivity contribution in [3.8, 4) is 44.5 Å². The number of benzene rings is 4. The van der Waals surface area contributed by atoms with Crippen LogP contribution in [0.25, 0.3) is 84.5 Å². The van der Waals surface area contributed by atoms with Crippen LogP contribution in [0.3, 0.4) is 0 Å². The molecule has 0 atom stereocenters. The van der Waals surface area contributed by atoms with E-state index in [4.69, 9.17) is 29.2 Å². The van der Waals surface area contributed by atoms with Crippen molar-refractivity contribution in [1.29, 1.82) is 0 Å². The molecule has 24 heteroatoms. The van der Waals surface area contributed by atoms with Crippen molar-refractivity contribution in [3.05, 3.63) is 143 Å². The molecule has 5 heterocycles. The monoisotopic (exact) mass is 1490 g/mol. The molecule has 0 aliphatic carbocycles. The standard InChI is InChI=1S/C45H24Br8N4O9S3/c1-18-2-4-19(5-3-18)26-38-30(46)32(48)40(54-38)27(20-6-12-23(13-7-20)67-65-63-58)41-33(49)34(50)42(56-41)28(21-8-14-24(15-9-21)68-66-64-59)43-35(51)37(53)45(57-43)29(44-36(52)31(47)39(26)55-44)22-10-16-25(17-11-22)69(60,61)62/h2-17,55-56,58-59H,1H3,(H,60,61,62). The number of nitrogens with one attached hydrogen (secondary N) is 2. The SMILES string of the molecule is Cc1ccc(-c2c3nc(c(-c4ccc(SOOO)cc4)c4[nH]c(c(Br)c4Br)c(-c4ccc(SOOO)cc4)c4nc(c(-c5ccc(S(=O)(=O)O)cc5)c5[nH]c2c(Br)c5Br)C(Br)=C4Br)C(Br)=C3Br)cc1. The molecule has 7 aromatic rings. The first-order valence-electron chi connectivity index (χ1n) is 19.4. The molecule has 13 nitrogen and oxygen atoms in total. The average molecular weight is 1500 g/mol. The molecule has 0 saturated heterocycles. The number of nitrogens with zero attached hydrogens (tertiary/aromatic N) is 2. The van der Waals surface area contributed by atoms with Gasteiger partial charge in [-0.3, -0.25) is 4.55 Å². The summed E-state index contributed by atoms with van der Waals surface area (Å²) in [6, 6.07) is 28.7. The number of aryl methyl sites for hydroxylation is 1. The van der Waals surface area contributed by atoms with E-state index in [0.29, 0.717) is 124 Å². The maximum atomic E-state index is 12.3. The third kappa shape index (κ3) is 9.94. The van der Waals surface area contributed by atoms with E-state index in [1.807, 2.05) is 67.6 Å². The summed E-state index contributed by atoms with van der Waals surface area (Å²) in [6.07, 6.45) is 0. The van der Waals surface area contributed by atoms with Gasteiger partial charge < -0.3 is 9.97 Å². The zero-order valence-electron chi connectivity index (χ0n) is 34.2. The second-order valence-electron chi connectivity index (χ2n) is 14.7. The Morgan fingerprint density at radius 3 is 1.01 bits per heavy atom. The molecule has 0 radical (unpaired) electrons. The van der Waals surface area contributed by atoms with Crippen molar-refractivity contribution in [2.24, 2.45) is 0 Å². The highest BCUT2D eigenvalue weighted by atomic mass is 79.9. The molecule has 352 valence electrons. The molecule has 0 spiro atoms. The summed E-state index contributed by atoms with van der Waals surface area (Å²) in [7, 11) is -4.53. The van der Waals surface area contributed by atoms with Gasteiger partial charge in [0.05, 0.1) is 110 Å². The maximum Gasteiger partial charge on any atom is 0.294 e. The minimum atomic E-state index is -4.53. The Morgan fingerprint density at radius 2 is 0.739 bits per heavy atom. The van der Waals surface area contributed by atoms with E-state index in [0.717, 1.165) is 40.8 Å². The number of aromatic amines is 2. The Balaban J connectivity index is 1.55. The number of halogens is 8. The van der Waals surface area contributed by atoms with E-state index in [1.165, 1.54) is 12.1 Å². The Hall–Kier alpha value is -2.31. The van der Waals surface area contributed by atoms with Crippen LogP contribution in [0.2, 0.25) is 0 Å². The number of rotatable bonds is 11. The second kappa shape index (κ2) is 21.3. The first-order valence-corrected chi connectivity index (χ1v) is 28.6. The number of H-pyrrole nitrogens is 2. The molecule has 4 aromatic carbocycles. The first kappa shape index (κ1) is 51.6. The molecule has 0 amide bonds. The van der Waals surface area contributed by atoms with Crippen LogP contribution in [0.1, 0.15) is 28.3 Å². The summed E-state index contributed by atoms with van der Waals surface area (Å²) in [6.45, 7) is 2.01. The van der Waals surface area contributed by atoms with E-state index in [9.17, 15) is 13.0 Å². The lowest BCUT2D eigenvalue weighted by atomic mass is 10.0. The Morgan fingerprint density at radius 1 is 0.464 bits per heavy atom. The summed E-state index contributed by atoms with van der Waals surface area (Å²) in [4.78, 5) is 19.4. The highest BCUT2D eigenvalue weighted by molar-refractivity contribution is 9.18. The van der Waals surface area contributed by atoms with Crippen LogP contribution < -0.4 is 0 Å². The van der Waals surface area contributed by atoms with Crippen LogP contribution in [0, 0.1) is 6.92 Å². The van der Waals surface area contributed by atoms with E-state index < -0.39 is 10.1 Å². The van der Waals surface area contributed by atoms with Gasteiger partial charge in [-0.15, -0.1) is 8.67 Å². The maximum absolute atomic E-state index is 12.3. The van der Waals surface area contributed by atoms with Gasteiger partial charge in [0.1, 0.15) is 0 Å². The van der Waals surface area contributed by atoms with Gasteiger partial charge in [-0.2, -0.15) is 8.42 Å². The van der Waals surface area contributed by atoms with Gasteiger partial charge in [0.2, 0.25) is 0 Å². The summed E-state index contributed by atoms with van der Waals surface area (Å²) < 4.78 is 49.0. The largest absolute Gasteiger partial charge is 0.352 e. The Labute approximate surface area is 467 Å². The molecule has 69 heavy (non-hydrogen) atoms. The molecular formula is C45H24Br8N4O9S3. The zero-order chi connectivity index (χ0) is 49.1. The summed E-state index contributed by atoms with van der Waals surface area (Å²) >= 11 is 33.2. The second-order valence-corrected chi connectivity index (χ2v) is 24.1. The van der Waals surface area contributed by atoms with Gasteiger partial charge in [-0.1, -0.05) is 76.3 Å². The minimum Gasteiger partial charge on any atom is -0.352 e. The molecule has 2 aliphatic heterocycles. The molecule has 9 rings (SSSR count). The smallest absolute Gasteiger partial charge is 0.294 e. The lowest BCUT2D eigenvalue weighted by Gasteiger charge is -2.09. The van der Waals surface area contributed by atoms with Crippen molar-refractivity contribution >= 4 is 202 Å². The van der Waals surface area contributed by atoms with Crippen molar-refractivity contribution in [1.82, 2.24) is 19.9 Å². The molecule has 2 aliphatic rings. The van der Waals surface area contributed by atoms with Crippen LogP contribution >= 0.6 is 152 Å². The number of fused-ring (bicyclic) bond motifs is 8. The van der Waals surface area contributed by atoms with Crippen molar-refractivity contribution in [2.45, 2.75) is 21.6 Å². The van der Waals surface area contributed by atoms with Crippen LogP contribution in [-0.4, -0.2) is 43.4 Å². The quantitative estimate of drug-likeness (QED) is 0.0356. The minimum absolute atomic E-state index is 0.283. The highest BCUT2D eigenvalue weighted by Gasteiger charge is 2.31. The number of hydrogen-bond acceptors (Lipinski definition) is 12. The van der Waals surface area contributed by atoms with Crippen molar-refractivity contribution in [2.75, 3.05) is 0 Å². The van der Waals surface area contributed by atoms with E-state index >= 15 is 0 Å². The fourth-order valence-electron chi connectivity index (χ4n) is 7.67. The average Bonchev–Trinajstić information content (AvgIpc) is 4.00. The van der Waals surface area contributed by atoms with Crippen LogP contribution in [-0.2, 0) is 28.9 Å². The third-order valence-electron chi connectivity index (χ3n) is 10.8. The van der Waals surface area contributed by atoms with Gasteiger partial charge in [0.25, 0.3) is 10.1 Å². The summed E-state index contributed by atoms with van der Waals surface area (Å²) in [5, 5.41) is 25.5. The van der Waals surface area contributed by atoms with Gasteiger partial charge in [-0.25, -0.2) is 20.5 Å². The predicted molar refractivity (Wildman–Crippen MR) is 299 cm³/mol. The zero-order valence-corrected chi connectivity index (χ0v) is 49.3. The van der Waals surface area contributed by atoms with Crippen molar-refractivity contribution < 1.29 is 42.2 Å². The van der Waals surface area contributed by atoms with Gasteiger partial charge in [0.15, 0.2) is 0 Å². The van der Waals surface area contributed by atoms with Gasteiger partial charge in [0, 0.05) is 32.0 Å². The van der Waals surface area contributed by atoms with Crippen LogP contribution in [0.5, 0.6) is 0 Å². The number of hydrogen-bond donors (Lipinski definition) is 5. The molecular weight excluding hydrogens is 1480 g/mol. The molecule has 0 saturated carbocycles. The molecule has 0 fully saturated rings. The fraction of sp³-hybridized carbons (Fsp3) is 0.0222. The highest BCUT2D eigenvalue weighted by Crippen LogP contribution is 2.53. The first-order chi connectivity index (χ1) is 33.0. The third-order valence-corrected chi connectivity index (χ3v) is 21.2. The van der Waals surface area contributed by atoms with E-state index in [-0.39, 0.29) is 4.90 Å². The summed E-state index contributed by atoms with van der Waals surface area (Å²) in [5.74, 6) is 0. The number of aromatic nitrogens is 4. The van der Waals surface area contributed by atoms with Gasteiger partial charge in [-0.05, 0) is 193 Å².